The number of hydroxylamine groups is 1. The smallest absolute Gasteiger partial charge is 0.313 e. The van der Waals surface area contributed by atoms with Crippen LogP contribution in [0, 0.1) is 11.3 Å². The van der Waals surface area contributed by atoms with Crippen molar-refractivity contribution in [3.63, 3.8) is 0 Å². The van der Waals surface area contributed by atoms with Crippen molar-refractivity contribution in [3.05, 3.63) is 77.4 Å². The first-order valence-corrected chi connectivity index (χ1v) is 10.8. The molecule has 3 N–H and O–H groups in total. The number of esters is 1. The van der Waals surface area contributed by atoms with E-state index in [2.05, 4.69) is 24.3 Å². The highest BCUT2D eigenvalue weighted by molar-refractivity contribution is 5.93. The minimum Gasteiger partial charge on any atom is -0.508 e. The summed E-state index contributed by atoms with van der Waals surface area (Å²) >= 11 is 0. The maximum absolute atomic E-state index is 12.7. The van der Waals surface area contributed by atoms with Gasteiger partial charge in [0.1, 0.15) is 5.75 Å². The summed E-state index contributed by atoms with van der Waals surface area (Å²) in [5.74, 6) is -1.57. The third-order valence-electron chi connectivity index (χ3n) is 6.55. The maximum Gasteiger partial charge on any atom is 0.313 e. The largest absolute Gasteiger partial charge is 0.508 e. The number of hydrogen-bond donors (Lipinski definition) is 3. The Morgan fingerprint density at radius 2 is 1.88 bits per heavy atom. The third kappa shape index (κ3) is 3.82. The van der Waals surface area contributed by atoms with E-state index in [1.807, 2.05) is 31.2 Å². The fraction of sp³-hybridized carbons (Fsp3) is 0.308. The Kier molecular flexibility index (Phi) is 5.89. The lowest BCUT2D eigenvalue weighted by atomic mass is 9.86. The predicted octanol–water partition coefficient (Wildman–Crippen LogP) is 4.31. The summed E-state index contributed by atoms with van der Waals surface area (Å²) in [5, 5.41) is 21.9. The molecule has 1 aliphatic carbocycles. The molecule has 3 aromatic rings. The van der Waals surface area contributed by atoms with Crippen LogP contribution in [0.2, 0.25) is 0 Å². The normalized spacial score (nSPS) is 20.5. The summed E-state index contributed by atoms with van der Waals surface area (Å²) in [4.78, 5) is 24.7. The monoisotopic (exact) mass is 433 g/mol. The molecule has 3 aromatic carbocycles. The Morgan fingerprint density at radius 1 is 1.12 bits per heavy atom. The number of carbonyl (C=O) groups is 2. The van der Waals surface area contributed by atoms with Crippen molar-refractivity contribution in [3.8, 4) is 5.75 Å². The molecule has 3 atom stereocenters. The Balaban J connectivity index is 1.68. The van der Waals surface area contributed by atoms with Crippen LogP contribution >= 0.6 is 0 Å². The minimum atomic E-state index is -1.00. The molecule has 1 saturated carbocycles. The molecule has 6 heteroatoms. The molecule has 0 saturated heterocycles. The maximum atomic E-state index is 12.7. The van der Waals surface area contributed by atoms with Gasteiger partial charge in [-0.1, -0.05) is 61.5 Å². The molecule has 32 heavy (non-hydrogen) atoms. The summed E-state index contributed by atoms with van der Waals surface area (Å²) < 4.78 is 5.24. The number of phenols is 1. The average molecular weight is 434 g/mol. The van der Waals surface area contributed by atoms with Crippen molar-refractivity contribution >= 4 is 22.6 Å². The van der Waals surface area contributed by atoms with Crippen LogP contribution in [0.15, 0.2) is 60.7 Å². The zero-order valence-electron chi connectivity index (χ0n) is 18.2. The first-order chi connectivity index (χ1) is 15.4. The van der Waals surface area contributed by atoms with Gasteiger partial charge in [0.15, 0.2) is 0 Å². The lowest BCUT2D eigenvalue weighted by Crippen LogP contribution is -2.30. The van der Waals surface area contributed by atoms with Crippen molar-refractivity contribution in [1.29, 1.82) is 0 Å². The highest BCUT2D eigenvalue weighted by Gasteiger charge is 2.64. The van der Waals surface area contributed by atoms with Gasteiger partial charge in [-0.15, -0.1) is 0 Å². The molecule has 1 fully saturated rings. The Hall–Kier alpha value is -3.38. The highest BCUT2D eigenvalue weighted by Crippen LogP contribution is 2.56. The van der Waals surface area contributed by atoms with Gasteiger partial charge < -0.3 is 9.84 Å². The van der Waals surface area contributed by atoms with Crippen molar-refractivity contribution in [2.75, 3.05) is 6.61 Å². The van der Waals surface area contributed by atoms with Crippen LogP contribution in [0.4, 0.5) is 0 Å². The van der Waals surface area contributed by atoms with E-state index in [9.17, 15) is 14.7 Å². The van der Waals surface area contributed by atoms with E-state index in [0.29, 0.717) is 12.8 Å². The number of nitrogens with one attached hydrogen (secondary N) is 1. The van der Waals surface area contributed by atoms with Crippen LogP contribution in [0.25, 0.3) is 10.8 Å². The number of amides is 1. The second kappa shape index (κ2) is 8.63. The molecule has 0 aliphatic heterocycles. The molecule has 1 aliphatic rings. The van der Waals surface area contributed by atoms with Crippen molar-refractivity contribution in [2.24, 2.45) is 11.3 Å². The molecule has 0 radical (unpaired) electrons. The first kappa shape index (κ1) is 21.8. The summed E-state index contributed by atoms with van der Waals surface area (Å²) in [7, 11) is 0. The SMILES string of the molecule is CCOC(=O)[C@@]1(Cc2ccc(O)c(C(C)c3cccc4ccccc34)c2)CC1C(=O)NO. The molecule has 1 amide bonds. The van der Waals surface area contributed by atoms with Crippen LogP contribution in [-0.2, 0) is 20.7 Å². The van der Waals surface area contributed by atoms with Crippen LogP contribution in [0.1, 0.15) is 42.9 Å². The van der Waals surface area contributed by atoms with Gasteiger partial charge in [-0.2, -0.15) is 0 Å². The van der Waals surface area contributed by atoms with Gasteiger partial charge in [0.05, 0.1) is 17.9 Å². The van der Waals surface area contributed by atoms with Gasteiger partial charge in [-0.3, -0.25) is 14.8 Å². The summed E-state index contributed by atoms with van der Waals surface area (Å²) in [5.41, 5.74) is 3.33. The lowest BCUT2D eigenvalue weighted by Gasteiger charge is -2.20. The molecule has 4 rings (SSSR count). The molecule has 166 valence electrons. The molecule has 0 bridgehead atoms. The van der Waals surface area contributed by atoms with Crippen LogP contribution < -0.4 is 5.48 Å². The lowest BCUT2D eigenvalue weighted by molar-refractivity contribution is -0.152. The summed E-state index contributed by atoms with van der Waals surface area (Å²) in [6.07, 6.45) is 0.604. The van der Waals surface area contributed by atoms with Crippen LogP contribution in [0.3, 0.4) is 0 Å². The third-order valence-corrected chi connectivity index (χ3v) is 6.55. The van der Waals surface area contributed by atoms with Crippen LogP contribution in [-0.4, -0.2) is 28.8 Å². The van der Waals surface area contributed by atoms with Crippen molar-refractivity contribution in [1.82, 2.24) is 5.48 Å². The number of ether oxygens (including phenoxy) is 1. The number of hydrogen-bond acceptors (Lipinski definition) is 5. The van der Waals surface area contributed by atoms with E-state index in [-0.39, 0.29) is 18.3 Å². The quantitative estimate of drug-likeness (QED) is 0.293. The number of fused-ring (bicyclic) bond motifs is 1. The Bertz CT molecular complexity index is 1170. The van der Waals surface area contributed by atoms with E-state index < -0.39 is 23.2 Å². The molecule has 2 unspecified atom stereocenters. The van der Waals surface area contributed by atoms with Gasteiger partial charge in [0, 0.05) is 11.5 Å². The Morgan fingerprint density at radius 3 is 2.62 bits per heavy atom. The molecule has 0 aromatic heterocycles. The number of aromatic hydroxyl groups is 1. The minimum absolute atomic E-state index is 0.0877. The fourth-order valence-electron chi connectivity index (χ4n) is 4.72. The number of rotatable bonds is 7. The molecule has 0 spiro atoms. The topological polar surface area (TPSA) is 95.9 Å². The predicted molar refractivity (Wildman–Crippen MR) is 120 cm³/mol. The van der Waals surface area contributed by atoms with Crippen molar-refractivity contribution < 1.29 is 24.6 Å². The van der Waals surface area contributed by atoms with Gasteiger partial charge in [0.25, 0.3) is 0 Å². The van der Waals surface area contributed by atoms with E-state index in [4.69, 9.17) is 9.94 Å². The zero-order chi connectivity index (χ0) is 22.9. The number of phenolic OH excluding ortho intramolecular Hbond substituents is 1. The molecule has 6 nitrogen and oxygen atoms in total. The van der Waals surface area contributed by atoms with Crippen LogP contribution in [0.5, 0.6) is 5.75 Å². The standard InChI is InChI=1S/C26H27NO5/c1-3-32-25(30)26(15-22(26)24(29)27-31)14-17-11-12-23(28)21(13-17)16(2)19-10-6-8-18-7-4-5-9-20(18)19/h4-13,16,22,28,31H,3,14-15H2,1-2H3,(H,27,29)/t16?,22?,26-/m0/s1. The van der Waals surface area contributed by atoms with E-state index in [1.165, 1.54) is 0 Å². The Labute approximate surface area is 186 Å². The fourth-order valence-corrected chi connectivity index (χ4v) is 4.72. The van der Waals surface area contributed by atoms with Crippen molar-refractivity contribution in [2.45, 2.75) is 32.6 Å². The zero-order valence-corrected chi connectivity index (χ0v) is 18.2. The van der Waals surface area contributed by atoms with E-state index in [1.54, 1.807) is 24.5 Å². The molecular weight excluding hydrogens is 406 g/mol. The summed E-state index contributed by atoms with van der Waals surface area (Å²) in [6.45, 7) is 3.98. The van der Waals surface area contributed by atoms with Gasteiger partial charge in [0.2, 0.25) is 5.91 Å². The second-order valence-corrected chi connectivity index (χ2v) is 8.47. The van der Waals surface area contributed by atoms with E-state index in [0.717, 1.165) is 27.5 Å². The van der Waals surface area contributed by atoms with Gasteiger partial charge in [-0.05, 0) is 47.7 Å². The summed E-state index contributed by atoms with van der Waals surface area (Å²) in [6, 6.07) is 19.5. The highest BCUT2D eigenvalue weighted by atomic mass is 16.5. The number of benzene rings is 3. The molecular formula is C26H27NO5. The van der Waals surface area contributed by atoms with E-state index >= 15 is 0 Å². The van der Waals surface area contributed by atoms with Gasteiger partial charge in [-0.25, -0.2) is 5.48 Å². The van der Waals surface area contributed by atoms with Gasteiger partial charge >= 0.3 is 5.97 Å². The molecule has 0 heterocycles. The second-order valence-electron chi connectivity index (χ2n) is 8.47. The number of carbonyl (C=O) groups excluding carboxylic acids is 2. The first-order valence-electron chi connectivity index (χ1n) is 10.8. The average Bonchev–Trinajstić information content (AvgIpc) is 3.54.